The molecular formula is C23H30N2O2. The molecule has 0 radical (unpaired) electrons. The van der Waals surface area contributed by atoms with Gasteiger partial charge in [0.25, 0.3) is 11.5 Å². The second-order valence-corrected chi connectivity index (χ2v) is 7.93. The van der Waals surface area contributed by atoms with Gasteiger partial charge in [-0.3, -0.25) is 9.59 Å². The van der Waals surface area contributed by atoms with Gasteiger partial charge in [-0.1, -0.05) is 38.3 Å². The zero-order valence-corrected chi connectivity index (χ0v) is 16.6. The molecule has 0 aliphatic heterocycles. The van der Waals surface area contributed by atoms with Crippen LogP contribution in [0.4, 0.5) is 0 Å². The van der Waals surface area contributed by atoms with Gasteiger partial charge in [-0.05, 0) is 67.9 Å². The van der Waals surface area contributed by atoms with Crippen LogP contribution in [0.2, 0.25) is 0 Å². The molecular weight excluding hydrogens is 336 g/mol. The Morgan fingerprint density at radius 1 is 1.15 bits per heavy atom. The SMILES string of the molecule is Cc1cc(C)c(CNC(=O)c2ccc(C(C)C3CCCCC3)cc2)c(=O)[nH]1. The average Bonchev–Trinajstić information content (AvgIpc) is 2.67. The minimum atomic E-state index is -0.147. The van der Waals surface area contributed by atoms with Gasteiger partial charge >= 0.3 is 0 Å². The molecule has 4 heteroatoms. The quantitative estimate of drug-likeness (QED) is 0.812. The number of amides is 1. The van der Waals surface area contributed by atoms with Crippen molar-refractivity contribution in [3.63, 3.8) is 0 Å². The number of carbonyl (C=O) groups is 1. The molecule has 1 aromatic heterocycles. The summed E-state index contributed by atoms with van der Waals surface area (Å²) in [6.45, 7) is 6.29. The third-order valence-electron chi connectivity index (χ3n) is 5.98. The molecule has 2 aromatic rings. The molecule has 1 aliphatic rings. The molecule has 0 saturated heterocycles. The van der Waals surface area contributed by atoms with E-state index in [1.165, 1.54) is 37.7 Å². The van der Waals surface area contributed by atoms with Gasteiger partial charge in [0.2, 0.25) is 0 Å². The highest BCUT2D eigenvalue weighted by atomic mass is 16.1. The van der Waals surface area contributed by atoms with E-state index in [0.717, 1.165) is 17.2 Å². The van der Waals surface area contributed by atoms with Crippen molar-refractivity contribution < 1.29 is 4.79 Å². The van der Waals surface area contributed by atoms with Crippen LogP contribution in [0.25, 0.3) is 0 Å². The number of benzene rings is 1. The lowest BCUT2D eigenvalue weighted by Gasteiger charge is -2.28. The van der Waals surface area contributed by atoms with E-state index in [9.17, 15) is 9.59 Å². The van der Waals surface area contributed by atoms with Gasteiger partial charge < -0.3 is 10.3 Å². The number of aromatic amines is 1. The van der Waals surface area contributed by atoms with Crippen LogP contribution in [0.1, 0.15) is 77.7 Å². The Labute approximate surface area is 161 Å². The summed E-state index contributed by atoms with van der Waals surface area (Å²) in [5.41, 5.74) is 4.14. The van der Waals surface area contributed by atoms with Crippen LogP contribution in [0.3, 0.4) is 0 Å². The van der Waals surface area contributed by atoms with Gasteiger partial charge in [-0.2, -0.15) is 0 Å². The lowest BCUT2D eigenvalue weighted by molar-refractivity contribution is 0.0950. The summed E-state index contributed by atoms with van der Waals surface area (Å²) in [6, 6.07) is 9.88. The number of aryl methyl sites for hydroxylation is 2. The predicted octanol–water partition coefficient (Wildman–Crippen LogP) is 4.61. The Hall–Kier alpha value is -2.36. The van der Waals surface area contributed by atoms with Crippen LogP contribution in [0, 0.1) is 19.8 Å². The molecule has 3 rings (SSSR count). The number of hydrogen-bond acceptors (Lipinski definition) is 2. The minimum Gasteiger partial charge on any atom is -0.348 e. The first-order valence-electron chi connectivity index (χ1n) is 10.0. The highest BCUT2D eigenvalue weighted by molar-refractivity contribution is 5.94. The van der Waals surface area contributed by atoms with Gasteiger partial charge in [-0.25, -0.2) is 0 Å². The molecule has 4 nitrogen and oxygen atoms in total. The molecule has 1 heterocycles. The van der Waals surface area contributed by atoms with E-state index >= 15 is 0 Å². The molecule has 1 aromatic carbocycles. The van der Waals surface area contributed by atoms with E-state index < -0.39 is 0 Å². The highest BCUT2D eigenvalue weighted by Gasteiger charge is 2.21. The molecule has 1 unspecified atom stereocenters. The van der Waals surface area contributed by atoms with E-state index in [4.69, 9.17) is 0 Å². The van der Waals surface area contributed by atoms with Crippen molar-refractivity contribution in [2.24, 2.45) is 5.92 Å². The second kappa shape index (κ2) is 8.55. The predicted molar refractivity (Wildman–Crippen MR) is 109 cm³/mol. The number of hydrogen-bond donors (Lipinski definition) is 2. The van der Waals surface area contributed by atoms with Gasteiger partial charge in [0, 0.05) is 23.4 Å². The van der Waals surface area contributed by atoms with Crippen LogP contribution in [0.15, 0.2) is 35.1 Å². The molecule has 2 N–H and O–H groups in total. The Kier molecular flexibility index (Phi) is 6.15. The third-order valence-corrected chi connectivity index (χ3v) is 5.98. The topological polar surface area (TPSA) is 62.0 Å². The van der Waals surface area contributed by atoms with Crippen molar-refractivity contribution in [2.45, 2.75) is 65.3 Å². The Bertz CT molecular complexity index is 846. The maximum absolute atomic E-state index is 12.5. The van der Waals surface area contributed by atoms with E-state index in [-0.39, 0.29) is 18.0 Å². The maximum Gasteiger partial charge on any atom is 0.253 e. The molecule has 144 valence electrons. The van der Waals surface area contributed by atoms with Crippen molar-refractivity contribution in [2.75, 3.05) is 0 Å². The summed E-state index contributed by atoms with van der Waals surface area (Å²) in [7, 11) is 0. The summed E-state index contributed by atoms with van der Waals surface area (Å²) < 4.78 is 0. The number of nitrogens with one attached hydrogen (secondary N) is 2. The zero-order chi connectivity index (χ0) is 19.4. The molecule has 1 atom stereocenters. The smallest absolute Gasteiger partial charge is 0.253 e. The molecule has 1 amide bonds. The van der Waals surface area contributed by atoms with Gasteiger partial charge in [0.1, 0.15) is 0 Å². The lowest BCUT2D eigenvalue weighted by atomic mass is 9.78. The fourth-order valence-corrected chi connectivity index (χ4v) is 4.22. The van der Waals surface area contributed by atoms with Crippen molar-refractivity contribution in [3.05, 3.63) is 68.6 Å². The maximum atomic E-state index is 12.5. The summed E-state index contributed by atoms with van der Waals surface area (Å²) in [5.74, 6) is 1.15. The van der Waals surface area contributed by atoms with Crippen molar-refractivity contribution in [3.8, 4) is 0 Å². The Balaban J connectivity index is 1.63. The number of rotatable bonds is 5. The third kappa shape index (κ3) is 4.68. The Morgan fingerprint density at radius 2 is 1.81 bits per heavy atom. The standard InChI is InChI=1S/C23H30N2O2/c1-15-13-16(2)25-23(27)21(15)14-24-22(26)20-11-9-19(10-12-20)17(3)18-7-5-4-6-8-18/h9-13,17-18H,4-8,14H2,1-3H3,(H,24,26)(H,25,27). The van der Waals surface area contributed by atoms with Crippen LogP contribution in [0.5, 0.6) is 0 Å². The number of carbonyl (C=O) groups excluding carboxylic acids is 1. The second-order valence-electron chi connectivity index (χ2n) is 7.93. The highest BCUT2D eigenvalue weighted by Crippen LogP contribution is 2.35. The van der Waals surface area contributed by atoms with E-state index in [1.54, 1.807) is 0 Å². The molecule has 1 aliphatic carbocycles. The van der Waals surface area contributed by atoms with Gasteiger partial charge in [0.05, 0.1) is 0 Å². The number of aromatic nitrogens is 1. The fourth-order valence-electron chi connectivity index (χ4n) is 4.22. The van der Waals surface area contributed by atoms with Gasteiger partial charge in [0.15, 0.2) is 0 Å². The van der Waals surface area contributed by atoms with Crippen LogP contribution in [-0.4, -0.2) is 10.9 Å². The first-order valence-corrected chi connectivity index (χ1v) is 10.0. The first-order chi connectivity index (χ1) is 13.0. The molecule has 1 fully saturated rings. The van der Waals surface area contributed by atoms with E-state index in [1.807, 2.05) is 32.0 Å². The zero-order valence-electron chi connectivity index (χ0n) is 16.6. The summed E-state index contributed by atoms with van der Waals surface area (Å²) >= 11 is 0. The molecule has 0 spiro atoms. The average molecular weight is 367 g/mol. The summed E-state index contributed by atoms with van der Waals surface area (Å²) in [4.78, 5) is 27.3. The van der Waals surface area contributed by atoms with Crippen LogP contribution < -0.4 is 10.9 Å². The first kappa shape index (κ1) is 19.4. The van der Waals surface area contributed by atoms with Crippen molar-refractivity contribution >= 4 is 5.91 Å². The normalized spacial score (nSPS) is 16.1. The fraction of sp³-hybridized carbons (Fsp3) is 0.478. The van der Waals surface area contributed by atoms with Crippen molar-refractivity contribution in [1.29, 1.82) is 0 Å². The largest absolute Gasteiger partial charge is 0.348 e. The molecule has 27 heavy (non-hydrogen) atoms. The molecule has 0 bridgehead atoms. The summed E-state index contributed by atoms with van der Waals surface area (Å²) in [5, 5.41) is 2.87. The van der Waals surface area contributed by atoms with Crippen LogP contribution in [-0.2, 0) is 6.54 Å². The Morgan fingerprint density at radius 3 is 2.44 bits per heavy atom. The number of H-pyrrole nitrogens is 1. The number of pyridine rings is 1. The lowest BCUT2D eigenvalue weighted by Crippen LogP contribution is -2.28. The molecule has 1 saturated carbocycles. The van der Waals surface area contributed by atoms with E-state index in [0.29, 0.717) is 17.0 Å². The van der Waals surface area contributed by atoms with Crippen LogP contribution >= 0.6 is 0 Å². The monoisotopic (exact) mass is 366 g/mol. The van der Waals surface area contributed by atoms with Gasteiger partial charge in [-0.15, -0.1) is 0 Å². The van der Waals surface area contributed by atoms with E-state index in [2.05, 4.69) is 29.4 Å². The van der Waals surface area contributed by atoms with Crippen molar-refractivity contribution in [1.82, 2.24) is 10.3 Å². The minimum absolute atomic E-state index is 0.135. The summed E-state index contributed by atoms with van der Waals surface area (Å²) in [6.07, 6.45) is 6.67.